The number of nitro groups is 1. The third-order valence-corrected chi connectivity index (χ3v) is 4.75. The van der Waals surface area contributed by atoms with E-state index in [-0.39, 0.29) is 22.9 Å². The Balaban J connectivity index is 1.68. The number of benzene rings is 2. The second-order valence-electron chi connectivity index (χ2n) is 6.60. The lowest BCUT2D eigenvalue weighted by atomic mass is 10.1. The van der Waals surface area contributed by atoms with E-state index >= 15 is 0 Å². The maximum atomic E-state index is 13.6. The van der Waals surface area contributed by atoms with Gasteiger partial charge in [0.1, 0.15) is 11.5 Å². The van der Waals surface area contributed by atoms with Gasteiger partial charge in [0, 0.05) is 22.7 Å². The Kier molecular flexibility index (Phi) is 5.31. The number of carbonyl (C=O) groups excluding carboxylic acids is 1. The molecule has 162 valence electrons. The van der Waals surface area contributed by atoms with Crippen LogP contribution >= 0.6 is 11.6 Å². The lowest BCUT2D eigenvalue weighted by Gasteiger charge is -2.11. The third kappa shape index (κ3) is 4.12. The van der Waals surface area contributed by atoms with Crippen LogP contribution in [-0.4, -0.2) is 22.7 Å². The Morgan fingerprint density at radius 3 is 2.28 bits per heavy atom. The van der Waals surface area contributed by atoms with Gasteiger partial charge in [-0.1, -0.05) is 11.6 Å². The third-order valence-electron chi connectivity index (χ3n) is 4.49. The summed E-state index contributed by atoms with van der Waals surface area (Å²) < 4.78 is 46.2. The molecule has 4 rings (SSSR count). The van der Waals surface area contributed by atoms with Gasteiger partial charge < -0.3 is 4.42 Å². The van der Waals surface area contributed by atoms with Gasteiger partial charge in [0.15, 0.2) is 5.71 Å². The first kappa shape index (κ1) is 21.3. The van der Waals surface area contributed by atoms with E-state index in [1.807, 2.05) is 0 Å². The van der Waals surface area contributed by atoms with Gasteiger partial charge >= 0.3 is 6.18 Å². The van der Waals surface area contributed by atoms with Crippen molar-refractivity contribution >= 4 is 40.7 Å². The van der Waals surface area contributed by atoms with Crippen LogP contribution in [0.2, 0.25) is 5.02 Å². The summed E-state index contributed by atoms with van der Waals surface area (Å²) >= 11 is 5.79. The number of halogens is 4. The van der Waals surface area contributed by atoms with Crippen LogP contribution in [0.5, 0.6) is 0 Å². The summed E-state index contributed by atoms with van der Waals surface area (Å²) in [4.78, 5) is 22.9. The fourth-order valence-electron chi connectivity index (χ4n) is 2.99. The molecule has 1 amide bonds. The maximum Gasteiger partial charge on any atom is 0.435 e. The van der Waals surface area contributed by atoms with E-state index in [0.29, 0.717) is 15.6 Å². The Morgan fingerprint density at radius 2 is 1.69 bits per heavy atom. The van der Waals surface area contributed by atoms with E-state index in [1.54, 1.807) is 0 Å². The average Bonchev–Trinajstić information content (AvgIpc) is 3.34. The first-order chi connectivity index (χ1) is 15.1. The molecule has 0 saturated carbocycles. The van der Waals surface area contributed by atoms with Crippen LogP contribution in [-0.2, 0) is 4.79 Å². The highest BCUT2D eigenvalue weighted by Gasteiger charge is 2.47. The Hall–Kier alpha value is -3.92. The zero-order valence-electron chi connectivity index (χ0n) is 15.8. The molecular weight excluding hydrogens is 451 g/mol. The van der Waals surface area contributed by atoms with E-state index < -0.39 is 28.3 Å². The molecule has 11 heteroatoms. The van der Waals surface area contributed by atoms with Gasteiger partial charge in [-0.05, 0) is 54.6 Å². The van der Waals surface area contributed by atoms with E-state index in [1.165, 1.54) is 60.7 Å². The number of amides is 1. The molecule has 2 heterocycles. The fourth-order valence-corrected chi connectivity index (χ4v) is 3.11. The van der Waals surface area contributed by atoms with Gasteiger partial charge in [-0.2, -0.15) is 23.3 Å². The number of hydrazone groups is 1. The molecule has 0 aliphatic carbocycles. The van der Waals surface area contributed by atoms with Crippen molar-refractivity contribution in [1.82, 2.24) is 0 Å². The van der Waals surface area contributed by atoms with Gasteiger partial charge in [0.05, 0.1) is 16.2 Å². The molecular formula is C21H11ClF3N3O4. The number of nitrogens with zero attached hydrogens (tertiary/aromatic N) is 3. The Bertz CT molecular complexity index is 1260. The molecule has 3 aromatic rings. The maximum absolute atomic E-state index is 13.6. The first-order valence-corrected chi connectivity index (χ1v) is 9.34. The molecule has 1 aliphatic rings. The highest BCUT2D eigenvalue weighted by Crippen LogP contribution is 2.34. The van der Waals surface area contributed by atoms with E-state index in [4.69, 9.17) is 16.0 Å². The minimum Gasteiger partial charge on any atom is -0.457 e. The quantitative estimate of drug-likeness (QED) is 0.276. The predicted molar refractivity (Wildman–Crippen MR) is 111 cm³/mol. The van der Waals surface area contributed by atoms with Crippen LogP contribution in [0.15, 0.2) is 75.8 Å². The molecule has 1 aromatic heterocycles. The average molecular weight is 462 g/mol. The van der Waals surface area contributed by atoms with Gasteiger partial charge in [0.25, 0.3) is 11.6 Å². The summed E-state index contributed by atoms with van der Waals surface area (Å²) in [7, 11) is 0. The molecule has 0 bridgehead atoms. The number of alkyl halides is 3. The second kappa shape index (κ2) is 7.97. The van der Waals surface area contributed by atoms with Crippen molar-refractivity contribution in [1.29, 1.82) is 0 Å². The summed E-state index contributed by atoms with van der Waals surface area (Å²) in [5.74, 6) is -0.734. The zero-order valence-corrected chi connectivity index (χ0v) is 16.6. The van der Waals surface area contributed by atoms with Gasteiger partial charge in [-0.3, -0.25) is 14.9 Å². The predicted octanol–water partition coefficient (Wildman–Crippen LogP) is 5.86. The number of non-ortho nitro benzene ring substituents is 1. The molecule has 0 spiro atoms. The number of hydrogen-bond donors (Lipinski definition) is 0. The normalized spacial score (nSPS) is 15.4. The first-order valence-electron chi connectivity index (χ1n) is 8.96. The minimum atomic E-state index is -4.88. The van der Waals surface area contributed by atoms with E-state index in [0.717, 1.165) is 6.08 Å². The molecule has 0 unspecified atom stereocenters. The Morgan fingerprint density at radius 1 is 1.03 bits per heavy atom. The summed E-state index contributed by atoms with van der Waals surface area (Å²) in [5, 5.41) is 15.2. The van der Waals surface area contributed by atoms with Crippen LogP contribution in [0.1, 0.15) is 5.76 Å². The lowest BCUT2D eigenvalue weighted by molar-refractivity contribution is -0.384. The standard InChI is InChI=1S/C21H11ClF3N3O4/c22-13-3-7-14(8-4-13)27-20(29)17(19(26-27)21(23,24)25)11-16-9-10-18(32-16)12-1-5-15(6-2-12)28(30)31/h1-11H/b17-11-. The largest absolute Gasteiger partial charge is 0.457 e. The van der Waals surface area contributed by atoms with Crippen LogP contribution in [0, 0.1) is 10.1 Å². The van der Waals surface area contributed by atoms with Crippen molar-refractivity contribution in [3.63, 3.8) is 0 Å². The number of carbonyl (C=O) groups is 1. The summed E-state index contributed by atoms with van der Waals surface area (Å²) in [6.45, 7) is 0. The number of anilines is 1. The van der Waals surface area contributed by atoms with Crippen LogP contribution in [0.4, 0.5) is 24.5 Å². The fraction of sp³-hybridized carbons (Fsp3) is 0.0476. The highest BCUT2D eigenvalue weighted by molar-refractivity contribution is 6.34. The number of hydrogen-bond acceptors (Lipinski definition) is 5. The molecule has 1 aliphatic heterocycles. The zero-order chi connectivity index (χ0) is 23.0. The van der Waals surface area contributed by atoms with Crippen molar-refractivity contribution in [3.05, 3.63) is 87.1 Å². The molecule has 0 N–H and O–H groups in total. The monoisotopic (exact) mass is 461 g/mol. The minimum absolute atomic E-state index is 0.0170. The second-order valence-corrected chi connectivity index (χ2v) is 7.04. The smallest absolute Gasteiger partial charge is 0.435 e. The summed E-state index contributed by atoms with van der Waals surface area (Å²) in [6, 6.07) is 13.9. The van der Waals surface area contributed by atoms with Crippen molar-refractivity contribution < 1.29 is 27.3 Å². The SMILES string of the molecule is O=C1/C(=C\c2ccc(-c3ccc([N+](=O)[O-])cc3)o2)C(C(F)(F)F)=NN1c1ccc(Cl)cc1. The molecule has 7 nitrogen and oxygen atoms in total. The highest BCUT2D eigenvalue weighted by atomic mass is 35.5. The number of nitro benzene ring substituents is 1. The molecule has 0 saturated heterocycles. The lowest BCUT2D eigenvalue weighted by Crippen LogP contribution is -2.25. The number of furan rings is 1. The number of rotatable bonds is 4. The molecule has 0 atom stereocenters. The van der Waals surface area contributed by atoms with Crippen LogP contribution in [0.25, 0.3) is 17.4 Å². The topological polar surface area (TPSA) is 88.9 Å². The summed E-state index contributed by atoms with van der Waals surface area (Å²) in [6.07, 6.45) is -3.92. The van der Waals surface area contributed by atoms with Crippen molar-refractivity contribution in [2.24, 2.45) is 5.10 Å². The Labute approximate surface area is 183 Å². The van der Waals surface area contributed by atoms with Gasteiger partial charge in [0.2, 0.25) is 0 Å². The van der Waals surface area contributed by atoms with Crippen molar-refractivity contribution in [2.45, 2.75) is 6.18 Å². The van der Waals surface area contributed by atoms with Crippen molar-refractivity contribution in [3.8, 4) is 11.3 Å². The molecule has 32 heavy (non-hydrogen) atoms. The van der Waals surface area contributed by atoms with E-state index in [9.17, 15) is 28.1 Å². The van der Waals surface area contributed by atoms with Crippen LogP contribution in [0.3, 0.4) is 0 Å². The summed E-state index contributed by atoms with van der Waals surface area (Å²) in [5.41, 5.74) is -1.56. The molecule has 0 fully saturated rings. The van der Waals surface area contributed by atoms with Crippen LogP contribution < -0.4 is 5.01 Å². The van der Waals surface area contributed by atoms with Gasteiger partial charge in [-0.15, -0.1) is 0 Å². The van der Waals surface area contributed by atoms with E-state index in [2.05, 4.69) is 5.10 Å². The molecule has 2 aromatic carbocycles. The molecule has 0 radical (unpaired) electrons. The van der Waals surface area contributed by atoms with Crippen molar-refractivity contribution in [2.75, 3.05) is 5.01 Å². The van der Waals surface area contributed by atoms with Gasteiger partial charge in [-0.25, -0.2) is 0 Å².